The van der Waals surface area contributed by atoms with Crippen molar-refractivity contribution >= 4 is 28.8 Å². The molecule has 8 nitrogen and oxygen atoms in total. The monoisotopic (exact) mass is 392 g/mol. The SMILES string of the molecule is CCOc1ccccc1Nc1nncc(Nc2ccccc2N2CCOCC2)n1. The molecule has 3 aromatic rings. The second-order valence-corrected chi connectivity index (χ2v) is 6.46. The number of nitrogens with zero attached hydrogens (tertiary/aromatic N) is 4. The van der Waals surface area contributed by atoms with Gasteiger partial charge in [-0.1, -0.05) is 24.3 Å². The van der Waals surface area contributed by atoms with Crippen LogP contribution < -0.4 is 20.3 Å². The first-order valence-electron chi connectivity index (χ1n) is 9.71. The van der Waals surface area contributed by atoms with Crippen LogP contribution in [0.25, 0.3) is 0 Å². The largest absolute Gasteiger partial charge is 0.492 e. The van der Waals surface area contributed by atoms with E-state index in [9.17, 15) is 0 Å². The van der Waals surface area contributed by atoms with Crippen molar-refractivity contribution in [3.8, 4) is 5.75 Å². The molecule has 0 unspecified atom stereocenters. The minimum absolute atomic E-state index is 0.394. The molecule has 1 saturated heterocycles. The summed E-state index contributed by atoms with van der Waals surface area (Å²) in [6.07, 6.45) is 1.61. The van der Waals surface area contributed by atoms with Crippen LogP contribution in [-0.2, 0) is 4.74 Å². The molecular weight excluding hydrogens is 368 g/mol. The van der Waals surface area contributed by atoms with E-state index in [4.69, 9.17) is 9.47 Å². The van der Waals surface area contributed by atoms with Crippen LogP contribution in [0.1, 0.15) is 6.92 Å². The summed E-state index contributed by atoms with van der Waals surface area (Å²) in [5.74, 6) is 1.75. The maximum absolute atomic E-state index is 5.65. The average molecular weight is 392 g/mol. The topological polar surface area (TPSA) is 84.4 Å². The molecule has 2 N–H and O–H groups in total. The molecule has 4 rings (SSSR count). The molecule has 1 aromatic heterocycles. The molecule has 2 aromatic carbocycles. The molecule has 1 aliphatic rings. The molecule has 8 heteroatoms. The van der Waals surface area contributed by atoms with E-state index in [1.807, 2.05) is 49.4 Å². The molecule has 0 saturated carbocycles. The van der Waals surface area contributed by atoms with Gasteiger partial charge >= 0.3 is 0 Å². The molecule has 0 spiro atoms. The fourth-order valence-electron chi connectivity index (χ4n) is 3.19. The third-order valence-electron chi connectivity index (χ3n) is 4.51. The van der Waals surface area contributed by atoms with Crippen molar-refractivity contribution in [1.82, 2.24) is 15.2 Å². The molecule has 0 radical (unpaired) electrons. The first kappa shape index (κ1) is 18.9. The van der Waals surface area contributed by atoms with Crippen molar-refractivity contribution < 1.29 is 9.47 Å². The Balaban J connectivity index is 1.53. The number of ether oxygens (including phenoxy) is 2. The van der Waals surface area contributed by atoms with Gasteiger partial charge in [-0.25, -0.2) is 0 Å². The third kappa shape index (κ3) is 4.72. The Hall–Kier alpha value is -3.39. The van der Waals surface area contributed by atoms with E-state index in [1.165, 1.54) is 0 Å². The van der Waals surface area contributed by atoms with Crippen molar-refractivity contribution in [1.29, 1.82) is 0 Å². The van der Waals surface area contributed by atoms with Crippen LogP contribution >= 0.6 is 0 Å². The van der Waals surface area contributed by atoms with Gasteiger partial charge in [-0.3, -0.25) is 0 Å². The van der Waals surface area contributed by atoms with Gasteiger partial charge in [0, 0.05) is 13.1 Å². The zero-order chi connectivity index (χ0) is 19.9. The molecular formula is C21H24N6O2. The van der Waals surface area contributed by atoms with Crippen LogP contribution in [0, 0.1) is 0 Å². The van der Waals surface area contributed by atoms with Gasteiger partial charge < -0.3 is 25.0 Å². The van der Waals surface area contributed by atoms with Crippen molar-refractivity contribution in [3.63, 3.8) is 0 Å². The van der Waals surface area contributed by atoms with E-state index < -0.39 is 0 Å². The number of aromatic nitrogens is 3. The molecule has 0 aliphatic carbocycles. The van der Waals surface area contributed by atoms with E-state index in [2.05, 4.69) is 36.8 Å². The fourth-order valence-corrected chi connectivity index (χ4v) is 3.19. The van der Waals surface area contributed by atoms with Gasteiger partial charge in [0.05, 0.1) is 43.1 Å². The highest BCUT2D eigenvalue weighted by atomic mass is 16.5. The maximum Gasteiger partial charge on any atom is 0.249 e. The third-order valence-corrected chi connectivity index (χ3v) is 4.51. The van der Waals surface area contributed by atoms with Crippen molar-refractivity contribution in [2.45, 2.75) is 6.92 Å². The number of para-hydroxylation sites is 4. The van der Waals surface area contributed by atoms with Crippen molar-refractivity contribution in [3.05, 3.63) is 54.7 Å². The summed E-state index contributed by atoms with van der Waals surface area (Å²) in [4.78, 5) is 6.86. The number of morpholine rings is 1. The van der Waals surface area contributed by atoms with Gasteiger partial charge in [0.2, 0.25) is 5.95 Å². The van der Waals surface area contributed by atoms with E-state index in [-0.39, 0.29) is 0 Å². The summed E-state index contributed by atoms with van der Waals surface area (Å²) in [7, 11) is 0. The number of rotatable bonds is 7. The molecule has 1 aliphatic heterocycles. The summed E-state index contributed by atoms with van der Waals surface area (Å²) in [6.45, 7) is 5.72. The Morgan fingerprint density at radius 1 is 1.00 bits per heavy atom. The van der Waals surface area contributed by atoms with Gasteiger partial charge in [-0.2, -0.15) is 10.1 Å². The maximum atomic E-state index is 5.65. The lowest BCUT2D eigenvalue weighted by Gasteiger charge is -2.30. The highest BCUT2D eigenvalue weighted by Gasteiger charge is 2.15. The van der Waals surface area contributed by atoms with E-state index >= 15 is 0 Å². The zero-order valence-corrected chi connectivity index (χ0v) is 16.3. The second kappa shape index (κ2) is 9.20. The summed E-state index contributed by atoms with van der Waals surface area (Å²) in [5, 5.41) is 14.7. The summed E-state index contributed by atoms with van der Waals surface area (Å²) in [6, 6.07) is 15.8. The van der Waals surface area contributed by atoms with Crippen LogP contribution in [0.2, 0.25) is 0 Å². The molecule has 150 valence electrons. The summed E-state index contributed by atoms with van der Waals surface area (Å²) >= 11 is 0. The zero-order valence-electron chi connectivity index (χ0n) is 16.3. The molecule has 0 atom stereocenters. The van der Waals surface area contributed by atoms with Gasteiger partial charge in [-0.05, 0) is 31.2 Å². The Morgan fingerprint density at radius 2 is 1.76 bits per heavy atom. The van der Waals surface area contributed by atoms with Gasteiger partial charge in [-0.15, -0.1) is 5.10 Å². The number of anilines is 5. The van der Waals surface area contributed by atoms with E-state index in [1.54, 1.807) is 6.20 Å². The quantitative estimate of drug-likeness (QED) is 0.631. The van der Waals surface area contributed by atoms with Crippen LogP contribution in [0.15, 0.2) is 54.7 Å². The van der Waals surface area contributed by atoms with Crippen LogP contribution in [-0.4, -0.2) is 48.1 Å². The Kier molecular flexibility index (Phi) is 6.01. The van der Waals surface area contributed by atoms with Crippen molar-refractivity contribution in [2.75, 3.05) is 48.4 Å². The smallest absolute Gasteiger partial charge is 0.249 e. The minimum atomic E-state index is 0.394. The minimum Gasteiger partial charge on any atom is -0.492 e. The number of nitrogens with one attached hydrogen (secondary N) is 2. The fraction of sp³-hybridized carbons (Fsp3) is 0.286. The first-order chi connectivity index (χ1) is 14.3. The molecule has 0 bridgehead atoms. The first-order valence-corrected chi connectivity index (χ1v) is 9.71. The molecule has 1 fully saturated rings. The number of hydrogen-bond acceptors (Lipinski definition) is 8. The number of benzene rings is 2. The van der Waals surface area contributed by atoms with Crippen LogP contribution in [0.5, 0.6) is 5.75 Å². The van der Waals surface area contributed by atoms with Crippen LogP contribution in [0.4, 0.5) is 28.8 Å². The van der Waals surface area contributed by atoms with Crippen molar-refractivity contribution in [2.24, 2.45) is 0 Å². The second-order valence-electron chi connectivity index (χ2n) is 6.46. The normalized spacial score (nSPS) is 13.8. The van der Waals surface area contributed by atoms with Gasteiger partial charge in [0.15, 0.2) is 5.82 Å². The Labute approximate surface area is 169 Å². The van der Waals surface area contributed by atoms with Crippen LogP contribution in [0.3, 0.4) is 0 Å². The Bertz CT molecular complexity index is 946. The predicted molar refractivity (Wildman–Crippen MR) is 113 cm³/mol. The number of hydrogen-bond donors (Lipinski definition) is 2. The van der Waals surface area contributed by atoms with E-state index in [0.717, 1.165) is 49.1 Å². The van der Waals surface area contributed by atoms with E-state index in [0.29, 0.717) is 18.4 Å². The average Bonchev–Trinajstić information content (AvgIpc) is 2.77. The predicted octanol–water partition coefficient (Wildman–Crippen LogP) is 3.59. The molecule has 0 amide bonds. The summed E-state index contributed by atoms with van der Waals surface area (Å²) < 4.78 is 11.1. The lowest BCUT2D eigenvalue weighted by molar-refractivity contribution is 0.123. The standard InChI is InChI=1S/C21H24N6O2/c1-2-29-19-10-6-4-8-17(19)24-21-25-20(15-22-26-21)23-16-7-3-5-9-18(16)27-11-13-28-14-12-27/h3-10,15H,2,11-14H2,1H3,(H2,23,24,25,26). The highest BCUT2D eigenvalue weighted by Crippen LogP contribution is 2.29. The van der Waals surface area contributed by atoms with Gasteiger partial charge in [0.25, 0.3) is 0 Å². The Morgan fingerprint density at radius 3 is 2.59 bits per heavy atom. The highest BCUT2D eigenvalue weighted by molar-refractivity contribution is 5.74. The summed E-state index contributed by atoms with van der Waals surface area (Å²) in [5.41, 5.74) is 2.88. The molecule has 2 heterocycles. The lowest BCUT2D eigenvalue weighted by Crippen LogP contribution is -2.36. The molecule has 29 heavy (non-hydrogen) atoms. The lowest BCUT2D eigenvalue weighted by atomic mass is 10.2. The van der Waals surface area contributed by atoms with Gasteiger partial charge in [0.1, 0.15) is 5.75 Å².